The van der Waals surface area contributed by atoms with Crippen LogP contribution in [0.15, 0.2) is 35.2 Å². The predicted octanol–water partition coefficient (Wildman–Crippen LogP) is 1.55. The Kier molecular flexibility index (Phi) is 2.61. The van der Waals surface area contributed by atoms with Gasteiger partial charge >= 0.3 is 0 Å². The van der Waals surface area contributed by atoms with Crippen LogP contribution in [0.1, 0.15) is 11.4 Å². The molecule has 0 bridgehead atoms. The summed E-state index contributed by atoms with van der Waals surface area (Å²) in [6, 6.07) is 9.22. The largest absolute Gasteiger partial charge is 0.378 e. The molecule has 0 saturated heterocycles. The van der Waals surface area contributed by atoms with Gasteiger partial charge in [0.1, 0.15) is 0 Å². The first-order valence-corrected chi connectivity index (χ1v) is 4.38. The van der Waals surface area contributed by atoms with Crippen molar-refractivity contribution in [3.8, 4) is 6.07 Å². The number of hydrogen-bond donors (Lipinski definition) is 1. The SMILES string of the molecule is N#Cc1ccc(NCc2ncon2)cc1. The van der Waals surface area contributed by atoms with E-state index in [1.54, 1.807) is 12.1 Å². The lowest BCUT2D eigenvalue weighted by atomic mass is 10.2. The third kappa shape index (κ3) is 2.31. The zero-order chi connectivity index (χ0) is 10.5. The zero-order valence-electron chi connectivity index (χ0n) is 7.84. The van der Waals surface area contributed by atoms with Crippen LogP contribution >= 0.6 is 0 Å². The molecule has 0 spiro atoms. The minimum atomic E-state index is 0.502. The van der Waals surface area contributed by atoms with Crippen LogP contribution in [0.4, 0.5) is 5.69 Å². The molecule has 0 aliphatic heterocycles. The molecule has 1 heterocycles. The van der Waals surface area contributed by atoms with E-state index in [0.29, 0.717) is 17.9 Å². The van der Waals surface area contributed by atoms with E-state index in [9.17, 15) is 0 Å². The summed E-state index contributed by atoms with van der Waals surface area (Å²) in [5, 5.41) is 15.4. The monoisotopic (exact) mass is 200 g/mol. The van der Waals surface area contributed by atoms with Crippen LogP contribution in [0, 0.1) is 11.3 Å². The van der Waals surface area contributed by atoms with Gasteiger partial charge < -0.3 is 9.84 Å². The number of nitrogens with one attached hydrogen (secondary N) is 1. The minimum Gasteiger partial charge on any atom is -0.378 e. The molecule has 1 aromatic heterocycles. The average molecular weight is 200 g/mol. The molecule has 1 N–H and O–H groups in total. The topological polar surface area (TPSA) is 74.7 Å². The van der Waals surface area contributed by atoms with Gasteiger partial charge in [0, 0.05) is 5.69 Å². The summed E-state index contributed by atoms with van der Waals surface area (Å²) in [7, 11) is 0. The van der Waals surface area contributed by atoms with Gasteiger partial charge in [0.25, 0.3) is 0 Å². The second-order valence-corrected chi connectivity index (χ2v) is 2.89. The summed E-state index contributed by atoms with van der Waals surface area (Å²) in [5.41, 5.74) is 1.55. The zero-order valence-corrected chi connectivity index (χ0v) is 7.84. The van der Waals surface area contributed by atoms with Crippen molar-refractivity contribution < 1.29 is 4.52 Å². The number of anilines is 1. The van der Waals surface area contributed by atoms with Crippen molar-refractivity contribution in [1.82, 2.24) is 10.1 Å². The third-order valence-corrected chi connectivity index (χ3v) is 1.87. The molecule has 0 aliphatic rings. The molecule has 0 atom stereocenters. The highest BCUT2D eigenvalue weighted by molar-refractivity contribution is 5.47. The van der Waals surface area contributed by atoms with Crippen LogP contribution < -0.4 is 5.32 Å². The fraction of sp³-hybridized carbons (Fsp3) is 0.100. The summed E-state index contributed by atoms with van der Waals surface area (Å²) in [6.45, 7) is 0.502. The van der Waals surface area contributed by atoms with E-state index in [4.69, 9.17) is 5.26 Å². The maximum Gasteiger partial charge on any atom is 0.213 e. The van der Waals surface area contributed by atoms with Crippen molar-refractivity contribution in [2.45, 2.75) is 6.54 Å². The first-order valence-electron chi connectivity index (χ1n) is 4.38. The molecule has 0 saturated carbocycles. The van der Waals surface area contributed by atoms with Crippen LogP contribution in [-0.2, 0) is 6.54 Å². The lowest BCUT2D eigenvalue weighted by Crippen LogP contribution is -2.00. The second kappa shape index (κ2) is 4.24. The van der Waals surface area contributed by atoms with Crippen molar-refractivity contribution in [1.29, 1.82) is 5.26 Å². The number of aromatic nitrogens is 2. The molecule has 0 unspecified atom stereocenters. The standard InChI is InChI=1S/C10H8N4O/c11-5-8-1-3-9(4-2-8)12-6-10-13-7-15-14-10/h1-4,7,12H,6H2. The summed E-state index contributed by atoms with van der Waals surface area (Å²) >= 11 is 0. The molecule has 2 aromatic rings. The van der Waals surface area contributed by atoms with Gasteiger partial charge in [0.15, 0.2) is 5.82 Å². The van der Waals surface area contributed by atoms with Crippen LogP contribution in [0.25, 0.3) is 0 Å². The molecular formula is C10H8N4O. The van der Waals surface area contributed by atoms with Gasteiger partial charge in [-0.1, -0.05) is 5.16 Å². The van der Waals surface area contributed by atoms with E-state index >= 15 is 0 Å². The molecule has 0 fully saturated rings. The lowest BCUT2D eigenvalue weighted by molar-refractivity contribution is 0.411. The van der Waals surface area contributed by atoms with Gasteiger partial charge in [0.2, 0.25) is 6.39 Å². The summed E-state index contributed by atoms with van der Waals surface area (Å²) in [5.74, 6) is 0.597. The molecule has 5 nitrogen and oxygen atoms in total. The maximum atomic E-state index is 8.61. The Balaban J connectivity index is 1.97. The minimum absolute atomic E-state index is 0.502. The van der Waals surface area contributed by atoms with Crippen molar-refractivity contribution in [3.05, 3.63) is 42.0 Å². The van der Waals surface area contributed by atoms with Gasteiger partial charge in [-0.25, -0.2) is 0 Å². The molecule has 0 aliphatic carbocycles. The first-order chi connectivity index (χ1) is 7.38. The van der Waals surface area contributed by atoms with Gasteiger partial charge in [-0.3, -0.25) is 0 Å². The van der Waals surface area contributed by atoms with Crippen molar-refractivity contribution in [2.24, 2.45) is 0 Å². The molecule has 5 heteroatoms. The molecule has 1 aromatic carbocycles. The van der Waals surface area contributed by atoms with E-state index in [2.05, 4.69) is 26.0 Å². The number of benzene rings is 1. The Labute approximate surface area is 86.3 Å². The molecule has 15 heavy (non-hydrogen) atoms. The Morgan fingerprint density at radius 2 is 2.13 bits per heavy atom. The second-order valence-electron chi connectivity index (χ2n) is 2.89. The van der Waals surface area contributed by atoms with E-state index < -0.39 is 0 Å². The van der Waals surface area contributed by atoms with E-state index in [1.165, 1.54) is 6.39 Å². The smallest absolute Gasteiger partial charge is 0.213 e. The number of nitrogens with zero attached hydrogens (tertiary/aromatic N) is 3. The number of hydrogen-bond acceptors (Lipinski definition) is 5. The van der Waals surface area contributed by atoms with Crippen LogP contribution in [0.5, 0.6) is 0 Å². The third-order valence-electron chi connectivity index (χ3n) is 1.87. The highest BCUT2D eigenvalue weighted by Crippen LogP contribution is 2.09. The number of nitriles is 1. The van der Waals surface area contributed by atoms with E-state index in [1.807, 2.05) is 12.1 Å². The van der Waals surface area contributed by atoms with E-state index in [0.717, 1.165) is 5.69 Å². The van der Waals surface area contributed by atoms with Crippen molar-refractivity contribution >= 4 is 5.69 Å². The maximum absolute atomic E-state index is 8.61. The van der Waals surface area contributed by atoms with Crippen LogP contribution in [0.3, 0.4) is 0 Å². The quantitative estimate of drug-likeness (QED) is 0.813. The van der Waals surface area contributed by atoms with Crippen LogP contribution in [-0.4, -0.2) is 10.1 Å². The molecule has 2 rings (SSSR count). The van der Waals surface area contributed by atoms with E-state index in [-0.39, 0.29) is 0 Å². The highest BCUT2D eigenvalue weighted by atomic mass is 16.5. The van der Waals surface area contributed by atoms with Gasteiger partial charge in [-0.15, -0.1) is 0 Å². The van der Waals surface area contributed by atoms with Crippen molar-refractivity contribution in [2.75, 3.05) is 5.32 Å². The van der Waals surface area contributed by atoms with Gasteiger partial charge in [0.05, 0.1) is 18.2 Å². The average Bonchev–Trinajstić information content (AvgIpc) is 2.80. The molecular weight excluding hydrogens is 192 g/mol. The highest BCUT2D eigenvalue weighted by Gasteiger charge is 1.98. The summed E-state index contributed by atoms with van der Waals surface area (Å²) < 4.78 is 4.60. The first kappa shape index (κ1) is 9.21. The molecule has 0 amide bonds. The molecule has 0 radical (unpaired) electrons. The lowest BCUT2D eigenvalue weighted by Gasteiger charge is -2.02. The predicted molar refractivity (Wildman–Crippen MR) is 52.8 cm³/mol. The number of rotatable bonds is 3. The molecule has 74 valence electrons. The Morgan fingerprint density at radius 3 is 2.73 bits per heavy atom. The van der Waals surface area contributed by atoms with Crippen LogP contribution in [0.2, 0.25) is 0 Å². The fourth-order valence-electron chi connectivity index (χ4n) is 1.11. The van der Waals surface area contributed by atoms with Gasteiger partial charge in [-0.05, 0) is 24.3 Å². The Bertz CT molecular complexity index is 455. The fourth-order valence-corrected chi connectivity index (χ4v) is 1.11. The van der Waals surface area contributed by atoms with Crippen molar-refractivity contribution in [3.63, 3.8) is 0 Å². The Hall–Kier alpha value is -2.35. The Morgan fingerprint density at radius 1 is 1.33 bits per heavy atom. The van der Waals surface area contributed by atoms with Gasteiger partial charge in [-0.2, -0.15) is 10.2 Å². The summed E-state index contributed by atoms with van der Waals surface area (Å²) in [6.07, 6.45) is 1.29. The summed E-state index contributed by atoms with van der Waals surface area (Å²) in [4.78, 5) is 3.87. The normalized spacial score (nSPS) is 9.53.